The SMILES string of the molecule is CCNc1ncc(C)c(N2CC(C)(C)OC(C)(C)C2)n1. The van der Waals surface area contributed by atoms with E-state index in [9.17, 15) is 0 Å². The summed E-state index contributed by atoms with van der Waals surface area (Å²) in [5, 5.41) is 3.18. The molecule has 1 aromatic heterocycles. The summed E-state index contributed by atoms with van der Waals surface area (Å²) in [7, 11) is 0. The lowest BCUT2D eigenvalue weighted by Crippen LogP contribution is -2.57. The Hall–Kier alpha value is -1.36. The first-order chi connectivity index (χ1) is 9.22. The van der Waals surface area contributed by atoms with E-state index in [2.05, 4.69) is 54.8 Å². The number of morpholine rings is 1. The van der Waals surface area contributed by atoms with Gasteiger partial charge in [0, 0.05) is 31.4 Å². The van der Waals surface area contributed by atoms with Crippen molar-refractivity contribution in [2.24, 2.45) is 0 Å². The Morgan fingerprint density at radius 2 is 1.85 bits per heavy atom. The van der Waals surface area contributed by atoms with E-state index in [0.717, 1.165) is 31.0 Å². The summed E-state index contributed by atoms with van der Waals surface area (Å²) in [6, 6.07) is 0. The summed E-state index contributed by atoms with van der Waals surface area (Å²) in [5.41, 5.74) is 0.731. The summed E-state index contributed by atoms with van der Waals surface area (Å²) in [6.07, 6.45) is 1.88. The highest BCUT2D eigenvalue weighted by atomic mass is 16.5. The molecule has 1 aliphatic rings. The molecule has 0 atom stereocenters. The molecule has 0 bridgehead atoms. The fourth-order valence-corrected chi connectivity index (χ4v) is 2.93. The van der Waals surface area contributed by atoms with E-state index in [0.29, 0.717) is 5.95 Å². The van der Waals surface area contributed by atoms with Crippen LogP contribution in [0.1, 0.15) is 40.2 Å². The van der Waals surface area contributed by atoms with E-state index in [1.165, 1.54) is 0 Å². The molecule has 1 aliphatic heterocycles. The van der Waals surface area contributed by atoms with Gasteiger partial charge in [-0.15, -0.1) is 0 Å². The van der Waals surface area contributed by atoms with Gasteiger partial charge in [-0.05, 0) is 41.5 Å². The van der Waals surface area contributed by atoms with Gasteiger partial charge in [-0.25, -0.2) is 4.98 Å². The van der Waals surface area contributed by atoms with Crippen LogP contribution in [0.25, 0.3) is 0 Å². The van der Waals surface area contributed by atoms with Crippen LogP contribution in [0.5, 0.6) is 0 Å². The standard InChI is InChI=1S/C15H26N4O/c1-7-16-13-17-8-11(2)12(18-13)19-9-14(3,4)20-15(5,6)10-19/h8H,7,9-10H2,1-6H3,(H,16,17,18). The Labute approximate surface area is 121 Å². The number of ether oxygens (including phenoxy) is 1. The maximum atomic E-state index is 6.13. The number of nitrogens with one attached hydrogen (secondary N) is 1. The molecule has 0 amide bonds. The molecule has 0 aliphatic carbocycles. The van der Waals surface area contributed by atoms with Gasteiger partial charge in [0.15, 0.2) is 0 Å². The Morgan fingerprint density at radius 1 is 1.25 bits per heavy atom. The average Bonchev–Trinajstić information content (AvgIpc) is 2.28. The van der Waals surface area contributed by atoms with Crippen molar-refractivity contribution in [3.05, 3.63) is 11.8 Å². The van der Waals surface area contributed by atoms with Gasteiger partial charge in [0.2, 0.25) is 5.95 Å². The second-order valence-electron chi connectivity index (χ2n) is 6.71. The molecule has 20 heavy (non-hydrogen) atoms. The summed E-state index contributed by atoms with van der Waals surface area (Å²) in [6.45, 7) is 15.1. The molecule has 1 N–H and O–H groups in total. The molecule has 0 aromatic carbocycles. The maximum absolute atomic E-state index is 6.13. The molecular weight excluding hydrogens is 252 g/mol. The second-order valence-corrected chi connectivity index (χ2v) is 6.71. The highest BCUT2D eigenvalue weighted by molar-refractivity contribution is 5.50. The molecule has 1 aromatic rings. The van der Waals surface area contributed by atoms with Crippen molar-refractivity contribution in [2.75, 3.05) is 29.9 Å². The quantitative estimate of drug-likeness (QED) is 0.921. The molecule has 112 valence electrons. The predicted molar refractivity (Wildman–Crippen MR) is 82.4 cm³/mol. The smallest absolute Gasteiger partial charge is 0.224 e. The van der Waals surface area contributed by atoms with Crippen LogP contribution in [0.2, 0.25) is 0 Å². The van der Waals surface area contributed by atoms with Crippen LogP contribution in [-0.4, -0.2) is 40.8 Å². The number of aryl methyl sites for hydroxylation is 1. The minimum Gasteiger partial charge on any atom is -0.366 e. The fourth-order valence-electron chi connectivity index (χ4n) is 2.93. The zero-order valence-corrected chi connectivity index (χ0v) is 13.4. The molecule has 5 nitrogen and oxygen atoms in total. The number of hydrogen-bond donors (Lipinski definition) is 1. The van der Waals surface area contributed by atoms with E-state index in [1.807, 2.05) is 13.1 Å². The Balaban J connectivity index is 2.32. The van der Waals surface area contributed by atoms with E-state index in [4.69, 9.17) is 4.74 Å². The molecule has 1 saturated heterocycles. The lowest BCUT2D eigenvalue weighted by molar-refractivity contribution is -0.133. The lowest BCUT2D eigenvalue weighted by Gasteiger charge is -2.47. The summed E-state index contributed by atoms with van der Waals surface area (Å²) < 4.78 is 6.13. The van der Waals surface area contributed by atoms with E-state index >= 15 is 0 Å². The number of hydrogen-bond acceptors (Lipinski definition) is 5. The second kappa shape index (κ2) is 5.20. The molecule has 0 unspecified atom stereocenters. The number of rotatable bonds is 3. The van der Waals surface area contributed by atoms with Gasteiger partial charge in [0.1, 0.15) is 5.82 Å². The van der Waals surface area contributed by atoms with E-state index < -0.39 is 0 Å². The van der Waals surface area contributed by atoms with Crippen molar-refractivity contribution in [1.29, 1.82) is 0 Å². The molecule has 5 heteroatoms. The zero-order chi connectivity index (χ0) is 15.0. The minimum absolute atomic E-state index is 0.183. The van der Waals surface area contributed by atoms with Gasteiger partial charge < -0.3 is 15.0 Å². The largest absolute Gasteiger partial charge is 0.366 e. The summed E-state index contributed by atoms with van der Waals surface area (Å²) in [4.78, 5) is 11.3. The van der Waals surface area contributed by atoms with Crippen molar-refractivity contribution in [3.8, 4) is 0 Å². The van der Waals surface area contributed by atoms with Crippen LogP contribution >= 0.6 is 0 Å². The van der Waals surface area contributed by atoms with Crippen molar-refractivity contribution in [2.45, 2.75) is 52.7 Å². The molecule has 0 radical (unpaired) electrons. The molecular formula is C15H26N4O. The Morgan fingerprint density at radius 3 is 2.40 bits per heavy atom. The Bertz CT molecular complexity index is 469. The Kier molecular flexibility index (Phi) is 3.91. The fraction of sp³-hybridized carbons (Fsp3) is 0.733. The molecule has 2 rings (SSSR count). The van der Waals surface area contributed by atoms with Crippen molar-refractivity contribution in [1.82, 2.24) is 9.97 Å². The van der Waals surface area contributed by atoms with Crippen molar-refractivity contribution < 1.29 is 4.74 Å². The normalized spacial score (nSPS) is 20.8. The first-order valence-corrected chi connectivity index (χ1v) is 7.25. The third-order valence-electron chi connectivity index (χ3n) is 3.28. The van der Waals surface area contributed by atoms with Crippen molar-refractivity contribution >= 4 is 11.8 Å². The average molecular weight is 278 g/mol. The first-order valence-electron chi connectivity index (χ1n) is 7.25. The van der Waals surface area contributed by atoms with E-state index in [1.54, 1.807) is 0 Å². The van der Waals surface area contributed by atoms with Crippen LogP contribution in [0.3, 0.4) is 0 Å². The van der Waals surface area contributed by atoms with Crippen LogP contribution < -0.4 is 10.2 Å². The van der Waals surface area contributed by atoms with Crippen LogP contribution in [0, 0.1) is 6.92 Å². The highest BCUT2D eigenvalue weighted by Gasteiger charge is 2.39. The molecule has 0 saturated carbocycles. The first kappa shape index (κ1) is 15.0. The molecule has 0 spiro atoms. The van der Waals surface area contributed by atoms with Gasteiger partial charge >= 0.3 is 0 Å². The van der Waals surface area contributed by atoms with Crippen LogP contribution in [-0.2, 0) is 4.74 Å². The van der Waals surface area contributed by atoms with Gasteiger partial charge in [0.25, 0.3) is 0 Å². The van der Waals surface area contributed by atoms with E-state index in [-0.39, 0.29) is 11.2 Å². The maximum Gasteiger partial charge on any atom is 0.224 e. The number of aromatic nitrogens is 2. The molecule has 2 heterocycles. The van der Waals surface area contributed by atoms with Gasteiger partial charge in [-0.1, -0.05) is 0 Å². The third-order valence-corrected chi connectivity index (χ3v) is 3.28. The summed E-state index contributed by atoms with van der Waals surface area (Å²) in [5.74, 6) is 1.69. The van der Waals surface area contributed by atoms with Gasteiger partial charge in [0.05, 0.1) is 11.2 Å². The molecule has 1 fully saturated rings. The van der Waals surface area contributed by atoms with Crippen LogP contribution in [0.4, 0.5) is 11.8 Å². The third kappa shape index (κ3) is 3.39. The lowest BCUT2D eigenvalue weighted by atomic mass is 9.98. The zero-order valence-electron chi connectivity index (χ0n) is 13.4. The van der Waals surface area contributed by atoms with Gasteiger partial charge in [-0.2, -0.15) is 4.98 Å². The van der Waals surface area contributed by atoms with Gasteiger partial charge in [-0.3, -0.25) is 0 Å². The van der Waals surface area contributed by atoms with Crippen LogP contribution in [0.15, 0.2) is 6.20 Å². The highest BCUT2D eigenvalue weighted by Crippen LogP contribution is 2.32. The number of nitrogens with zero attached hydrogens (tertiary/aromatic N) is 3. The summed E-state index contributed by atoms with van der Waals surface area (Å²) >= 11 is 0. The topological polar surface area (TPSA) is 50.3 Å². The minimum atomic E-state index is -0.183. The monoisotopic (exact) mass is 278 g/mol. The predicted octanol–water partition coefficient (Wildman–Crippen LogP) is 2.61. The number of anilines is 2. The van der Waals surface area contributed by atoms with Crippen molar-refractivity contribution in [3.63, 3.8) is 0 Å².